The molecule has 7 nitrogen and oxygen atoms in total. The number of cyclic esters (lactones) is 2. The monoisotopic (exact) mass is 291 g/mol. The predicted molar refractivity (Wildman–Crippen MR) is 70.5 cm³/mol. The van der Waals surface area contributed by atoms with Gasteiger partial charge in [-0.1, -0.05) is 6.07 Å². The van der Waals surface area contributed by atoms with Gasteiger partial charge < -0.3 is 24.3 Å². The zero-order chi connectivity index (χ0) is 15.0. The van der Waals surface area contributed by atoms with E-state index in [1.165, 1.54) is 20.0 Å². The number of rotatable bonds is 2. The van der Waals surface area contributed by atoms with Gasteiger partial charge in [0.15, 0.2) is 17.1 Å². The van der Waals surface area contributed by atoms with Crippen LogP contribution in [-0.2, 0) is 19.1 Å². The number of para-hydroxylation sites is 1. The molecule has 0 radical (unpaired) electrons. The normalized spacial score (nSPS) is 18.9. The van der Waals surface area contributed by atoms with Gasteiger partial charge in [0.25, 0.3) is 5.79 Å². The van der Waals surface area contributed by atoms with E-state index in [-0.39, 0.29) is 12.4 Å². The highest BCUT2D eigenvalue weighted by atomic mass is 16.7. The van der Waals surface area contributed by atoms with Crippen molar-refractivity contribution in [2.75, 3.05) is 12.1 Å². The number of benzene rings is 1. The summed E-state index contributed by atoms with van der Waals surface area (Å²) in [6.07, 6.45) is 1.23. The third kappa shape index (κ3) is 2.49. The van der Waals surface area contributed by atoms with Gasteiger partial charge in [-0.3, -0.25) is 0 Å². The molecule has 0 aliphatic carbocycles. The fourth-order valence-electron chi connectivity index (χ4n) is 1.97. The molecule has 0 aromatic heterocycles. The molecule has 1 N–H and O–H groups in total. The van der Waals surface area contributed by atoms with Gasteiger partial charge in [-0.2, -0.15) is 0 Å². The van der Waals surface area contributed by atoms with Crippen LogP contribution in [0.2, 0.25) is 0 Å². The van der Waals surface area contributed by atoms with Crippen LogP contribution in [0.5, 0.6) is 11.5 Å². The van der Waals surface area contributed by atoms with Crippen molar-refractivity contribution in [3.05, 3.63) is 30.0 Å². The van der Waals surface area contributed by atoms with E-state index in [0.717, 1.165) is 0 Å². The topological polar surface area (TPSA) is 83.1 Å². The average molecular weight is 291 g/mol. The van der Waals surface area contributed by atoms with Crippen LogP contribution >= 0.6 is 0 Å². The summed E-state index contributed by atoms with van der Waals surface area (Å²) in [6.45, 7) is 3.10. The minimum atomic E-state index is -1.25. The van der Waals surface area contributed by atoms with Gasteiger partial charge in [0.05, 0.1) is 5.69 Å². The zero-order valence-corrected chi connectivity index (χ0v) is 11.5. The molecule has 7 heteroatoms. The van der Waals surface area contributed by atoms with Crippen molar-refractivity contribution in [1.82, 2.24) is 0 Å². The first-order chi connectivity index (χ1) is 9.96. The molecule has 1 aromatic carbocycles. The molecule has 0 bridgehead atoms. The second kappa shape index (κ2) is 4.69. The van der Waals surface area contributed by atoms with Crippen molar-refractivity contribution >= 4 is 17.6 Å². The molecule has 1 aromatic rings. The number of ether oxygens (including phenoxy) is 4. The van der Waals surface area contributed by atoms with Crippen molar-refractivity contribution in [3.8, 4) is 11.5 Å². The van der Waals surface area contributed by atoms with Gasteiger partial charge in [-0.25, -0.2) is 9.59 Å². The standard InChI is InChI=1S/C14H13NO6/c1-14(2)20-12(16)8(13(17)21-14)6-15-9-4-3-5-10-11(9)19-7-18-10/h3-6,15H,7H2,1-2H3. The van der Waals surface area contributed by atoms with Gasteiger partial charge in [-0.05, 0) is 12.1 Å². The number of fused-ring (bicyclic) bond motifs is 1. The lowest BCUT2D eigenvalue weighted by Crippen LogP contribution is -2.42. The van der Waals surface area contributed by atoms with E-state index in [0.29, 0.717) is 17.2 Å². The summed E-state index contributed by atoms with van der Waals surface area (Å²) in [4.78, 5) is 23.6. The maximum Gasteiger partial charge on any atom is 0.350 e. The zero-order valence-electron chi connectivity index (χ0n) is 11.5. The predicted octanol–water partition coefficient (Wildman–Crippen LogP) is 1.55. The Labute approximate surface area is 120 Å². The maximum absolute atomic E-state index is 11.8. The van der Waals surface area contributed by atoms with E-state index < -0.39 is 17.7 Å². The largest absolute Gasteiger partial charge is 0.454 e. The maximum atomic E-state index is 11.8. The molecule has 2 aliphatic rings. The molecule has 0 spiro atoms. The summed E-state index contributed by atoms with van der Waals surface area (Å²) in [5, 5.41) is 2.83. The van der Waals surface area contributed by atoms with E-state index in [1.807, 2.05) is 0 Å². The average Bonchev–Trinajstić information content (AvgIpc) is 2.85. The highest BCUT2D eigenvalue weighted by molar-refractivity contribution is 6.15. The highest BCUT2D eigenvalue weighted by Gasteiger charge is 2.39. The van der Waals surface area contributed by atoms with E-state index in [4.69, 9.17) is 18.9 Å². The molecule has 0 atom stereocenters. The fourth-order valence-corrected chi connectivity index (χ4v) is 1.97. The first-order valence-electron chi connectivity index (χ1n) is 6.28. The van der Waals surface area contributed by atoms with Crippen LogP contribution in [0.3, 0.4) is 0 Å². The highest BCUT2D eigenvalue weighted by Crippen LogP contribution is 2.39. The van der Waals surface area contributed by atoms with Crippen LogP contribution in [0.4, 0.5) is 5.69 Å². The molecule has 1 saturated heterocycles. The number of carbonyl (C=O) groups is 2. The molecule has 0 unspecified atom stereocenters. The lowest BCUT2D eigenvalue weighted by Gasteiger charge is -2.29. The van der Waals surface area contributed by atoms with E-state index in [2.05, 4.69) is 5.32 Å². The molecule has 1 fully saturated rings. The Kier molecular flexibility index (Phi) is 2.97. The van der Waals surface area contributed by atoms with E-state index >= 15 is 0 Å². The van der Waals surface area contributed by atoms with Crippen LogP contribution < -0.4 is 14.8 Å². The molecular weight excluding hydrogens is 278 g/mol. The van der Waals surface area contributed by atoms with Crippen LogP contribution in [0, 0.1) is 0 Å². The van der Waals surface area contributed by atoms with E-state index in [1.54, 1.807) is 18.2 Å². The SMILES string of the molecule is CC1(C)OC(=O)C(=CNc2cccc3c2OCO3)C(=O)O1. The second-order valence-corrected chi connectivity index (χ2v) is 4.92. The van der Waals surface area contributed by atoms with Crippen LogP contribution in [0.1, 0.15) is 13.8 Å². The summed E-state index contributed by atoms with van der Waals surface area (Å²) >= 11 is 0. The van der Waals surface area contributed by atoms with Crippen LogP contribution in [-0.4, -0.2) is 24.5 Å². The minimum absolute atomic E-state index is 0.128. The first kappa shape index (κ1) is 13.3. The Morgan fingerprint density at radius 1 is 1.14 bits per heavy atom. The number of nitrogens with one attached hydrogen (secondary N) is 1. The summed E-state index contributed by atoms with van der Waals surface area (Å²) in [6, 6.07) is 5.25. The molecule has 2 heterocycles. The Balaban J connectivity index is 1.82. The van der Waals surface area contributed by atoms with Gasteiger partial charge in [0.1, 0.15) is 0 Å². The summed E-state index contributed by atoms with van der Waals surface area (Å²) in [5.41, 5.74) is 0.355. The molecule has 21 heavy (non-hydrogen) atoms. The number of hydrogen-bond donors (Lipinski definition) is 1. The number of esters is 2. The lowest BCUT2D eigenvalue weighted by molar-refractivity contribution is -0.222. The van der Waals surface area contributed by atoms with Crippen molar-refractivity contribution in [1.29, 1.82) is 0 Å². The van der Waals surface area contributed by atoms with Crippen molar-refractivity contribution < 1.29 is 28.5 Å². The summed E-state index contributed by atoms with van der Waals surface area (Å²) < 4.78 is 20.5. The smallest absolute Gasteiger partial charge is 0.350 e. The van der Waals surface area contributed by atoms with Crippen LogP contribution in [0.15, 0.2) is 30.0 Å². The molecule has 0 saturated carbocycles. The Bertz CT molecular complexity index is 627. The van der Waals surface area contributed by atoms with Crippen molar-refractivity contribution in [3.63, 3.8) is 0 Å². The number of hydrogen-bond acceptors (Lipinski definition) is 7. The molecular formula is C14H13NO6. The lowest BCUT2D eigenvalue weighted by atomic mass is 10.2. The van der Waals surface area contributed by atoms with Gasteiger partial charge in [-0.15, -0.1) is 0 Å². The molecule has 110 valence electrons. The van der Waals surface area contributed by atoms with Gasteiger partial charge in [0, 0.05) is 20.0 Å². The van der Waals surface area contributed by atoms with Gasteiger partial charge in [0.2, 0.25) is 6.79 Å². The fraction of sp³-hybridized carbons (Fsp3) is 0.286. The second-order valence-electron chi connectivity index (χ2n) is 4.92. The number of carbonyl (C=O) groups excluding carboxylic acids is 2. The quantitative estimate of drug-likeness (QED) is 0.503. The number of anilines is 1. The first-order valence-corrected chi connectivity index (χ1v) is 6.28. The minimum Gasteiger partial charge on any atom is -0.454 e. The Hall–Kier alpha value is -2.70. The van der Waals surface area contributed by atoms with Crippen LogP contribution in [0.25, 0.3) is 0 Å². The molecule has 3 rings (SSSR count). The van der Waals surface area contributed by atoms with Crippen molar-refractivity contribution in [2.45, 2.75) is 19.6 Å². The molecule has 2 aliphatic heterocycles. The third-order valence-electron chi connectivity index (χ3n) is 2.89. The van der Waals surface area contributed by atoms with Gasteiger partial charge >= 0.3 is 11.9 Å². The third-order valence-corrected chi connectivity index (χ3v) is 2.89. The summed E-state index contributed by atoms with van der Waals surface area (Å²) in [7, 11) is 0. The molecule has 0 amide bonds. The Morgan fingerprint density at radius 3 is 2.57 bits per heavy atom. The van der Waals surface area contributed by atoms with Crippen molar-refractivity contribution in [2.24, 2.45) is 0 Å². The summed E-state index contributed by atoms with van der Waals surface area (Å²) in [5.74, 6) is -1.63. The van der Waals surface area contributed by atoms with E-state index in [9.17, 15) is 9.59 Å². The Morgan fingerprint density at radius 2 is 1.86 bits per heavy atom.